The topological polar surface area (TPSA) is 122 Å². The molecule has 21 heavy (non-hydrogen) atoms. The molecule has 0 radical (unpaired) electrons. The van der Waals surface area contributed by atoms with Crippen molar-refractivity contribution in [2.45, 2.75) is 24.8 Å². The lowest BCUT2D eigenvalue weighted by Crippen LogP contribution is -2.27. The van der Waals surface area contributed by atoms with Crippen molar-refractivity contribution in [1.29, 1.82) is 5.26 Å². The number of aromatic nitrogens is 1. The van der Waals surface area contributed by atoms with Crippen molar-refractivity contribution in [3.63, 3.8) is 0 Å². The van der Waals surface area contributed by atoms with Crippen LogP contribution in [-0.2, 0) is 10.0 Å². The molecule has 1 aromatic heterocycles. The fourth-order valence-corrected chi connectivity index (χ4v) is 3.09. The lowest BCUT2D eigenvalue weighted by atomic mass is 10.2. The minimum atomic E-state index is -3.84. The fourth-order valence-electron chi connectivity index (χ4n) is 1.78. The van der Waals surface area contributed by atoms with E-state index in [1.165, 1.54) is 24.4 Å². The molecule has 0 aliphatic rings. The smallest absolute Gasteiger partial charge is 0.243 e. The summed E-state index contributed by atoms with van der Waals surface area (Å²) >= 11 is 0. The Balaban J connectivity index is 2.28. The molecule has 2 rings (SSSR count). The number of nitriles is 1. The van der Waals surface area contributed by atoms with E-state index in [1.54, 1.807) is 13.8 Å². The maximum atomic E-state index is 12.3. The second-order valence-electron chi connectivity index (χ2n) is 4.52. The van der Waals surface area contributed by atoms with Crippen LogP contribution in [0.4, 0.5) is 5.69 Å². The number of sulfonamides is 1. The Morgan fingerprint density at radius 2 is 2.19 bits per heavy atom. The highest BCUT2D eigenvalue weighted by atomic mass is 32.2. The van der Waals surface area contributed by atoms with Crippen molar-refractivity contribution in [2.75, 3.05) is 5.73 Å². The van der Waals surface area contributed by atoms with Gasteiger partial charge >= 0.3 is 0 Å². The second kappa shape index (κ2) is 5.55. The molecular weight excluding hydrogens is 292 g/mol. The van der Waals surface area contributed by atoms with E-state index in [1.807, 2.05) is 6.07 Å². The van der Waals surface area contributed by atoms with Gasteiger partial charge in [-0.25, -0.2) is 13.4 Å². The first-order valence-electron chi connectivity index (χ1n) is 6.08. The monoisotopic (exact) mass is 306 g/mol. The van der Waals surface area contributed by atoms with Gasteiger partial charge < -0.3 is 10.2 Å². The van der Waals surface area contributed by atoms with Crippen LogP contribution in [0.2, 0.25) is 0 Å². The van der Waals surface area contributed by atoms with E-state index in [0.717, 1.165) is 0 Å². The zero-order valence-electron chi connectivity index (χ0n) is 11.5. The molecule has 0 spiro atoms. The molecule has 1 atom stereocenters. The molecular formula is C13H14N4O3S. The van der Waals surface area contributed by atoms with Crippen molar-refractivity contribution in [3.8, 4) is 6.07 Å². The number of anilines is 1. The zero-order valence-corrected chi connectivity index (χ0v) is 12.3. The molecule has 1 unspecified atom stereocenters. The number of aryl methyl sites for hydroxylation is 1. The number of rotatable bonds is 4. The van der Waals surface area contributed by atoms with Gasteiger partial charge in [0.1, 0.15) is 10.7 Å². The summed E-state index contributed by atoms with van der Waals surface area (Å²) in [4.78, 5) is 3.89. The molecule has 0 saturated carbocycles. The van der Waals surface area contributed by atoms with E-state index < -0.39 is 16.1 Å². The molecule has 0 fully saturated rings. The van der Waals surface area contributed by atoms with Gasteiger partial charge in [0.05, 0.1) is 29.6 Å². The molecule has 110 valence electrons. The minimum Gasteiger partial charge on any atom is -0.444 e. The number of nitrogens with zero attached hydrogens (tertiary/aromatic N) is 2. The maximum absolute atomic E-state index is 12.3. The number of hydrogen-bond acceptors (Lipinski definition) is 6. The van der Waals surface area contributed by atoms with Gasteiger partial charge in [0.25, 0.3) is 0 Å². The largest absolute Gasteiger partial charge is 0.444 e. The Kier molecular flexibility index (Phi) is 3.97. The molecule has 0 saturated heterocycles. The normalized spacial score (nSPS) is 12.8. The molecule has 0 bridgehead atoms. The van der Waals surface area contributed by atoms with Gasteiger partial charge in [-0.2, -0.15) is 9.98 Å². The van der Waals surface area contributed by atoms with E-state index in [4.69, 9.17) is 15.4 Å². The molecule has 7 nitrogen and oxygen atoms in total. The summed E-state index contributed by atoms with van der Waals surface area (Å²) in [5, 5.41) is 8.76. The van der Waals surface area contributed by atoms with Gasteiger partial charge in [-0.1, -0.05) is 0 Å². The third-order valence-electron chi connectivity index (χ3n) is 2.77. The van der Waals surface area contributed by atoms with E-state index in [-0.39, 0.29) is 16.5 Å². The molecule has 8 heteroatoms. The molecule has 1 heterocycles. The summed E-state index contributed by atoms with van der Waals surface area (Å²) in [6.07, 6.45) is 1.51. The molecule has 0 aliphatic carbocycles. The minimum absolute atomic E-state index is 0.0114. The van der Waals surface area contributed by atoms with Crippen molar-refractivity contribution in [3.05, 3.63) is 41.6 Å². The lowest BCUT2D eigenvalue weighted by molar-refractivity contribution is 0.428. The van der Waals surface area contributed by atoms with Crippen LogP contribution in [0.5, 0.6) is 0 Å². The third kappa shape index (κ3) is 3.21. The van der Waals surface area contributed by atoms with Crippen LogP contribution in [0.1, 0.15) is 30.2 Å². The van der Waals surface area contributed by atoms with E-state index in [9.17, 15) is 8.42 Å². The lowest BCUT2D eigenvalue weighted by Gasteiger charge is -2.12. The van der Waals surface area contributed by atoms with Crippen molar-refractivity contribution < 1.29 is 12.8 Å². The van der Waals surface area contributed by atoms with E-state index in [0.29, 0.717) is 11.3 Å². The highest BCUT2D eigenvalue weighted by Crippen LogP contribution is 2.22. The molecule has 0 aliphatic heterocycles. The van der Waals surface area contributed by atoms with Crippen LogP contribution >= 0.6 is 0 Å². The Morgan fingerprint density at radius 1 is 1.48 bits per heavy atom. The quantitative estimate of drug-likeness (QED) is 0.825. The van der Waals surface area contributed by atoms with Crippen molar-refractivity contribution in [1.82, 2.24) is 9.71 Å². The molecule has 1 aromatic carbocycles. The van der Waals surface area contributed by atoms with Crippen molar-refractivity contribution in [2.24, 2.45) is 0 Å². The summed E-state index contributed by atoms with van der Waals surface area (Å²) in [5.74, 6) is 0.859. The Labute approximate surface area is 122 Å². The summed E-state index contributed by atoms with van der Waals surface area (Å²) < 4.78 is 32.3. The van der Waals surface area contributed by atoms with E-state index in [2.05, 4.69) is 9.71 Å². The standard InChI is InChI=1S/C13H14N4O3S/c1-8-7-16-13(20-8)9(2)17-21(18,19)12-4-3-10(6-14)5-11(12)15/h3-5,7,9,17H,15H2,1-2H3. The molecule has 3 N–H and O–H groups in total. The highest BCUT2D eigenvalue weighted by molar-refractivity contribution is 7.89. The van der Waals surface area contributed by atoms with Gasteiger partial charge in [0.15, 0.2) is 0 Å². The summed E-state index contributed by atoms with van der Waals surface area (Å²) in [5.41, 5.74) is 6.00. The first kappa shape index (κ1) is 15.0. The van der Waals surface area contributed by atoms with Crippen LogP contribution in [0.25, 0.3) is 0 Å². The number of nitrogen functional groups attached to an aromatic ring is 1. The van der Waals surface area contributed by atoms with Crippen molar-refractivity contribution >= 4 is 15.7 Å². The van der Waals surface area contributed by atoms with Crippen LogP contribution in [-0.4, -0.2) is 13.4 Å². The maximum Gasteiger partial charge on any atom is 0.243 e. The first-order valence-corrected chi connectivity index (χ1v) is 7.56. The third-order valence-corrected chi connectivity index (χ3v) is 4.38. The summed E-state index contributed by atoms with van der Waals surface area (Å²) in [6.45, 7) is 3.33. The molecule has 2 aromatic rings. The highest BCUT2D eigenvalue weighted by Gasteiger charge is 2.23. The Morgan fingerprint density at radius 3 is 2.71 bits per heavy atom. The predicted molar refractivity (Wildman–Crippen MR) is 75.5 cm³/mol. The summed E-state index contributed by atoms with van der Waals surface area (Å²) in [6, 6.07) is 5.26. The average molecular weight is 306 g/mol. The van der Waals surface area contributed by atoms with Gasteiger partial charge in [-0.05, 0) is 32.0 Å². The number of benzene rings is 1. The fraction of sp³-hybridized carbons (Fsp3) is 0.231. The summed E-state index contributed by atoms with van der Waals surface area (Å²) in [7, 11) is -3.84. The van der Waals surface area contributed by atoms with Crippen LogP contribution in [0, 0.1) is 18.3 Å². The van der Waals surface area contributed by atoms with Gasteiger partial charge in [-0.15, -0.1) is 0 Å². The van der Waals surface area contributed by atoms with Crippen LogP contribution in [0.15, 0.2) is 33.7 Å². The second-order valence-corrected chi connectivity index (χ2v) is 6.20. The Bertz CT molecular complexity index is 805. The SMILES string of the molecule is Cc1cnc(C(C)NS(=O)(=O)c2ccc(C#N)cc2N)o1. The number of hydrogen-bond donors (Lipinski definition) is 2. The van der Waals surface area contributed by atoms with E-state index >= 15 is 0 Å². The van der Waals surface area contributed by atoms with Crippen LogP contribution in [0.3, 0.4) is 0 Å². The number of nitrogens with two attached hydrogens (primary N) is 1. The number of oxazole rings is 1. The average Bonchev–Trinajstić information content (AvgIpc) is 2.84. The van der Waals surface area contributed by atoms with Gasteiger partial charge in [0, 0.05) is 0 Å². The first-order chi connectivity index (χ1) is 9.83. The molecule has 0 amide bonds. The predicted octanol–water partition coefficient (Wildman–Crippen LogP) is 1.48. The Hall–Kier alpha value is -2.37. The van der Waals surface area contributed by atoms with Gasteiger partial charge in [0.2, 0.25) is 15.9 Å². The zero-order chi connectivity index (χ0) is 15.6. The van der Waals surface area contributed by atoms with Crippen LogP contribution < -0.4 is 10.5 Å². The van der Waals surface area contributed by atoms with Gasteiger partial charge in [-0.3, -0.25) is 0 Å². The number of nitrogens with one attached hydrogen (secondary N) is 1.